The van der Waals surface area contributed by atoms with E-state index in [1.54, 1.807) is 11.3 Å². The van der Waals surface area contributed by atoms with E-state index in [9.17, 15) is 4.79 Å². The number of anilines is 1. The molecular formula is C20H26N4OS. The first-order valence-corrected chi connectivity index (χ1v) is 10.1. The van der Waals surface area contributed by atoms with Crippen LogP contribution in [-0.4, -0.2) is 54.0 Å². The highest BCUT2D eigenvalue weighted by molar-refractivity contribution is 7.09. The maximum Gasteiger partial charge on any atom is 0.321 e. The molecule has 1 aromatic heterocycles. The Kier molecular flexibility index (Phi) is 4.71. The van der Waals surface area contributed by atoms with E-state index in [-0.39, 0.29) is 6.03 Å². The number of hydrogen-bond acceptors (Lipinski definition) is 4. The zero-order valence-electron chi connectivity index (χ0n) is 15.6. The van der Waals surface area contributed by atoms with Crippen LogP contribution in [0.5, 0.6) is 0 Å². The molecule has 6 heteroatoms. The Morgan fingerprint density at radius 2 is 2.00 bits per heavy atom. The lowest BCUT2D eigenvalue weighted by Crippen LogP contribution is -2.53. The first-order chi connectivity index (χ1) is 12.5. The number of fused-ring (bicyclic) bond motifs is 2. The highest BCUT2D eigenvalue weighted by Crippen LogP contribution is 2.39. The van der Waals surface area contributed by atoms with E-state index >= 15 is 0 Å². The number of benzene rings is 1. The molecular weight excluding hydrogens is 344 g/mol. The van der Waals surface area contributed by atoms with Crippen molar-refractivity contribution in [2.75, 3.05) is 32.5 Å². The van der Waals surface area contributed by atoms with Gasteiger partial charge in [0, 0.05) is 35.8 Å². The molecule has 2 fully saturated rings. The van der Waals surface area contributed by atoms with Crippen LogP contribution >= 0.6 is 11.3 Å². The van der Waals surface area contributed by atoms with Crippen LogP contribution in [-0.2, 0) is 0 Å². The second-order valence-corrected chi connectivity index (χ2v) is 8.78. The van der Waals surface area contributed by atoms with Crippen molar-refractivity contribution < 1.29 is 4.79 Å². The molecule has 1 unspecified atom stereocenters. The minimum Gasteiger partial charge on any atom is -0.324 e. The fourth-order valence-corrected chi connectivity index (χ4v) is 5.28. The predicted molar refractivity (Wildman–Crippen MR) is 107 cm³/mol. The summed E-state index contributed by atoms with van der Waals surface area (Å²) in [6.45, 7) is 3.72. The summed E-state index contributed by atoms with van der Waals surface area (Å²) in [6.07, 6.45) is 2.46. The van der Waals surface area contributed by atoms with Gasteiger partial charge in [-0.15, -0.1) is 11.3 Å². The Labute approximate surface area is 159 Å². The average Bonchev–Trinajstić information content (AvgIpc) is 3.16. The highest BCUT2D eigenvalue weighted by atomic mass is 32.1. The van der Waals surface area contributed by atoms with Gasteiger partial charge in [-0.3, -0.25) is 0 Å². The largest absolute Gasteiger partial charge is 0.324 e. The number of carbonyl (C=O) groups is 1. The maximum absolute atomic E-state index is 12.8. The highest BCUT2D eigenvalue weighted by Gasteiger charge is 2.44. The standard InChI is InChI=1S/C20H26N4OS/c1-13-21-18(12-26-13)14-5-4-6-17(9-14)22-20(25)24-10-15-7-8-16(11-24)19(15)23(2)3/h4-6,9,12,15-16,19H,7-8,10-11H2,1-3H3,(H,22,25)/t15-,16+,19?. The van der Waals surface area contributed by atoms with Crippen LogP contribution in [0, 0.1) is 18.8 Å². The third-order valence-electron chi connectivity index (χ3n) is 5.70. The third-order valence-corrected chi connectivity index (χ3v) is 6.47. The number of piperidine rings is 1. The van der Waals surface area contributed by atoms with Crippen LogP contribution in [0.4, 0.5) is 10.5 Å². The first kappa shape index (κ1) is 17.5. The number of thiazole rings is 1. The van der Waals surface area contributed by atoms with Crippen LogP contribution in [0.2, 0.25) is 0 Å². The van der Waals surface area contributed by atoms with Gasteiger partial charge in [-0.1, -0.05) is 12.1 Å². The Bertz CT molecular complexity index is 789. The fourth-order valence-electron chi connectivity index (χ4n) is 4.66. The normalized spacial score (nSPS) is 24.9. The molecule has 2 bridgehead atoms. The van der Waals surface area contributed by atoms with Gasteiger partial charge < -0.3 is 15.1 Å². The lowest BCUT2D eigenvalue weighted by molar-refractivity contribution is 0.0953. The van der Waals surface area contributed by atoms with Gasteiger partial charge in [0.15, 0.2) is 0 Å². The summed E-state index contributed by atoms with van der Waals surface area (Å²) in [5.41, 5.74) is 2.84. The summed E-state index contributed by atoms with van der Waals surface area (Å²) in [7, 11) is 4.33. The summed E-state index contributed by atoms with van der Waals surface area (Å²) >= 11 is 1.64. The molecule has 1 aliphatic heterocycles. The molecule has 1 saturated heterocycles. The predicted octanol–water partition coefficient (Wildman–Crippen LogP) is 3.92. The summed E-state index contributed by atoms with van der Waals surface area (Å²) in [5.74, 6) is 1.19. The maximum atomic E-state index is 12.8. The van der Waals surface area contributed by atoms with Crippen molar-refractivity contribution >= 4 is 23.1 Å². The van der Waals surface area contributed by atoms with Gasteiger partial charge in [-0.2, -0.15) is 0 Å². The number of nitrogens with zero attached hydrogens (tertiary/aromatic N) is 3. The molecule has 3 atom stereocenters. The number of urea groups is 1. The van der Waals surface area contributed by atoms with Gasteiger partial charge >= 0.3 is 6.03 Å². The third kappa shape index (κ3) is 3.35. The molecule has 4 rings (SSSR count). The number of aromatic nitrogens is 1. The quantitative estimate of drug-likeness (QED) is 0.891. The lowest BCUT2D eigenvalue weighted by Gasteiger charge is -2.41. The van der Waals surface area contributed by atoms with Gasteiger partial charge in [0.05, 0.1) is 10.7 Å². The molecule has 2 aromatic rings. The van der Waals surface area contributed by atoms with Gasteiger partial charge in [-0.25, -0.2) is 9.78 Å². The van der Waals surface area contributed by atoms with E-state index in [0.717, 1.165) is 35.0 Å². The smallest absolute Gasteiger partial charge is 0.321 e. The van der Waals surface area contributed by atoms with E-state index in [0.29, 0.717) is 17.9 Å². The summed E-state index contributed by atoms with van der Waals surface area (Å²) in [5, 5.41) is 6.20. The van der Waals surface area contributed by atoms with Crippen molar-refractivity contribution in [2.24, 2.45) is 11.8 Å². The van der Waals surface area contributed by atoms with Crippen molar-refractivity contribution in [3.63, 3.8) is 0 Å². The van der Waals surface area contributed by atoms with Crippen molar-refractivity contribution in [2.45, 2.75) is 25.8 Å². The molecule has 2 heterocycles. The van der Waals surface area contributed by atoms with Crippen molar-refractivity contribution in [3.8, 4) is 11.3 Å². The first-order valence-electron chi connectivity index (χ1n) is 9.26. The minimum atomic E-state index is 0.0192. The molecule has 0 radical (unpaired) electrons. The van der Waals surface area contributed by atoms with Gasteiger partial charge in [0.2, 0.25) is 0 Å². The Balaban J connectivity index is 1.44. The Morgan fingerprint density at radius 1 is 1.27 bits per heavy atom. The Hall–Kier alpha value is -1.92. The zero-order chi connectivity index (χ0) is 18.3. The molecule has 138 valence electrons. The second kappa shape index (κ2) is 7.00. The average molecular weight is 371 g/mol. The van der Waals surface area contributed by atoms with E-state index in [1.165, 1.54) is 12.8 Å². The fraction of sp³-hybridized carbons (Fsp3) is 0.500. The summed E-state index contributed by atoms with van der Waals surface area (Å²) < 4.78 is 0. The molecule has 1 aliphatic carbocycles. The number of hydrogen-bond donors (Lipinski definition) is 1. The molecule has 1 saturated carbocycles. The van der Waals surface area contributed by atoms with Crippen molar-refractivity contribution in [1.29, 1.82) is 0 Å². The zero-order valence-corrected chi connectivity index (χ0v) is 16.4. The minimum absolute atomic E-state index is 0.0192. The molecule has 1 N–H and O–H groups in total. The number of nitrogens with one attached hydrogen (secondary N) is 1. The van der Waals surface area contributed by atoms with E-state index in [4.69, 9.17) is 0 Å². The number of amides is 2. The second-order valence-electron chi connectivity index (χ2n) is 7.72. The monoisotopic (exact) mass is 370 g/mol. The van der Waals surface area contributed by atoms with E-state index in [1.807, 2.05) is 36.1 Å². The summed E-state index contributed by atoms with van der Waals surface area (Å²) in [4.78, 5) is 21.7. The molecule has 2 aliphatic rings. The molecule has 5 nitrogen and oxygen atoms in total. The number of carbonyl (C=O) groups excluding carboxylic acids is 1. The molecule has 2 amide bonds. The Morgan fingerprint density at radius 3 is 2.62 bits per heavy atom. The van der Waals surface area contributed by atoms with Crippen molar-refractivity contribution in [3.05, 3.63) is 34.7 Å². The van der Waals surface area contributed by atoms with Crippen LogP contribution in [0.25, 0.3) is 11.3 Å². The molecule has 26 heavy (non-hydrogen) atoms. The lowest BCUT2D eigenvalue weighted by atomic mass is 9.91. The van der Waals surface area contributed by atoms with Crippen molar-refractivity contribution in [1.82, 2.24) is 14.8 Å². The number of rotatable bonds is 3. The van der Waals surface area contributed by atoms with Gasteiger partial charge in [-0.05, 0) is 57.8 Å². The molecule has 0 spiro atoms. The van der Waals surface area contributed by atoms with Crippen LogP contribution in [0.1, 0.15) is 17.8 Å². The number of likely N-dealkylation sites (tertiary alicyclic amines) is 1. The van der Waals surface area contributed by atoms with Crippen LogP contribution in [0.15, 0.2) is 29.6 Å². The van der Waals surface area contributed by atoms with E-state index < -0.39 is 0 Å². The topological polar surface area (TPSA) is 48.5 Å². The number of aryl methyl sites for hydroxylation is 1. The van der Waals surface area contributed by atoms with E-state index in [2.05, 4.69) is 34.7 Å². The summed E-state index contributed by atoms with van der Waals surface area (Å²) in [6, 6.07) is 8.60. The van der Waals surface area contributed by atoms with Crippen LogP contribution < -0.4 is 5.32 Å². The van der Waals surface area contributed by atoms with Gasteiger partial charge in [0.1, 0.15) is 0 Å². The molecule has 1 aromatic carbocycles. The SMILES string of the molecule is Cc1nc(-c2cccc(NC(=O)N3C[C@H]4CC[C@@H](C3)C4N(C)C)c2)cs1. The van der Waals surface area contributed by atoms with Crippen LogP contribution in [0.3, 0.4) is 0 Å². The van der Waals surface area contributed by atoms with Gasteiger partial charge in [0.25, 0.3) is 0 Å².